The first-order valence-corrected chi connectivity index (χ1v) is 5.30. The highest BCUT2D eigenvalue weighted by Crippen LogP contribution is 2.58. The zero-order valence-corrected chi connectivity index (χ0v) is 7.07. The molecule has 0 spiro atoms. The molecule has 0 radical (unpaired) electrons. The van der Waals surface area contributed by atoms with Crippen molar-refractivity contribution in [2.45, 2.75) is 24.5 Å². The SMILES string of the molecule is NCCCC1[C@H]2CCS[C@@H]12. The summed E-state index contributed by atoms with van der Waals surface area (Å²) in [6.07, 6.45) is 4.14. The maximum Gasteiger partial charge on any atom is 0.0110 e. The van der Waals surface area contributed by atoms with Crippen LogP contribution < -0.4 is 5.73 Å². The van der Waals surface area contributed by atoms with Gasteiger partial charge in [0, 0.05) is 5.25 Å². The molecule has 2 aliphatic rings. The van der Waals surface area contributed by atoms with Gasteiger partial charge < -0.3 is 5.73 Å². The van der Waals surface area contributed by atoms with Gasteiger partial charge in [-0.05, 0) is 43.4 Å². The van der Waals surface area contributed by atoms with Gasteiger partial charge in [-0.15, -0.1) is 0 Å². The van der Waals surface area contributed by atoms with Crippen LogP contribution >= 0.6 is 11.8 Å². The fraction of sp³-hybridized carbons (Fsp3) is 1.00. The summed E-state index contributed by atoms with van der Waals surface area (Å²) in [5.41, 5.74) is 5.45. The van der Waals surface area contributed by atoms with Gasteiger partial charge in [-0.1, -0.05) is 0 Å². The molecule has 1 aliphatic heterocycles. The minimum Gasteiger partial charge on any atom is -0.330 e. The summed E-state index contributed by atoms with van der Waals surface area (Å²) in [6, 6.07) is 0. The lowest BCUT2D eigenvalue weighted by Gasteiger charge is -1.99. The topological polar surface area (TPSA) is 26.0 Å². The molecule has 0 aromatic rings. The van der Waals surface area contributed by atoms with Crippen molar-refractivity contribution in [3.63, 3.8) is 0 Å². The van der Waals surface area contributed by atoms with Crippen LogP contribution in [0.25, 0.3) is 0 Å². The smallest absolute Gasteiger partial charge is 0.0110 e. The minimum atomic E-state index is 0.889. The monoisotopic (exact) mass is 157 g/mol. The maximum absolute atomic E-state index is 5.45. The van der Waals surface area contributed by atoms with Crippen LogP contribution in [0.1, 0.15) is 19.3 Å². The van der Waals surface area contributed by atoms with Crippen molar-refractivity contribution in [3.05, 3.63) is 0 Å². The number of thioether (sulfide) groups is 1. The molecule has 1 unspecified atom stereocenters. The highest BCUT2D eigenvalue weighted by Gasteiger charge is 2.52. The molecule has 0 aromatic carbocycles. The third-order valence-electron chi connectivity index (χ3n) is 2.76. The fourth-order valence-electron chi connectivity index (χ4n) is 2.11. The molecule has 3 atom stereocenters. The lowest BCUT2D eigenvalue weighted by atomic mass is 10.1. The minimum absolute atomic E-state index is 0.889. The number of hydrogen-bond donors (Lipinski definition) is 1. The van der Waals surface area contributed by atoms with Gasteiger partial charge in [0.1, 0.15) is 0 Å². The Hall–Kier alpha value is 0.310. The summed E-state index contributed by atoms with van der Waals surface area (Å²) in [7, 11) is 0. The van der Waals surface area contributed by atoms with Crippen LogP contribution in [-0.4, -0.2) is 17.5 Å². The molecule has 1 saturated carbocycles. The Morgan fingerprint density at radius 1 is 1.50 bits per heavy atom. The predicted molar refractivity (Wildman–Crippen MR) is 46.1 cm³/mol. The first-order valence-electron chi connectivity index (χ1n) is 4.25. The van der Waals surface area contributed by atoms with E-state index in [9.17, 15) is 0 Å². The van der Waals surface area contributed by atoms with E-state index in [1.807, 2.05) is 0 Å². The molecular weight excluding hydrogens is 142 g/mol. The molecule has 0 aromatic heterocycles. The highest BCUT2D eigenvalue weighted by atomic mass is 32.2. The molecule has 2 fully saturated rings. The van der Waals surface area contributed by atoms with E-state index in [-0.39, 0.29) is 0 Å². The zero-order valence-electron chi connectivity index (χ0n) is 6.25. The second kappa shape index (κ2) is 2.74. The van der Waals surface area contributed by atoms with Gasteiger partial charge in [-0.2, -0.15) is 11.8 Å². The third kappa shape index (κ3) is 1.08. The first-order chi connectivity index (χ1) is 4.93. The van der Waals surface area contributed by atoms with Gasteiger partial charge in [0.25, 0.3) is 0 Å². The van der Waals surface area contributed by atoms with Crippen molar-refractivity contribution in [3.8, 4) is 0 Å². The molecule has 1 nitrogen and oxygen atoms in total. The van der Waals surface area contributed by atoms with E-state index in [1.165, 1.54) is 25.0 Å². The van der Waals surface area contributed by atoms with Crippen LogP contribution in [0, 0.1) is 11.8 Å². The predicted octanol–water partition coefficient (Wildman–Crippen LogP) is 1.48. The Balaban J connectivity index is 1.69. The number of rotatable bonds is 3. The Labute approximate surface area is 66.7 Å². The summed E-state index contributed by atoms with van der Waals surface area (Å²) in [6.45, 7) is 0.889. The first kappa shape index (κ1) is 6.99. The fourth-order valence-corrected chi connectivity index (χ4v) is 3.87. The lowest BCUT2D eigenvalue weighted by molar-refractivity contribution is 0.606. The van der Waals surface area contributed by atoms with Gasteiger partial charge in [0.15, 0.2) is 0 Å². The average Bonchev–Trinajstić information content (AvgIpc) is 2.46. The zero-order chi connectivity index (χ0) is 6.97. The van der Waals surface area contributed by atoms with Crippen LogP contribution in [0.3, 0.4) is 0 Å². The van der Waals surface area contributed by atoms with E-state index in [1.54, 1.807) is 0 Å². The largest absolute Gasteiger partial charge is 0.330 e. The maximum atomic E-state index is 5.45. The molecule has 1 heterocycles. The van der Waals surface area contributed by atoms with Crippen LogP contribution in [0.2, 0.25) is 0 Å². The molecule has 2 N–H and O–H groups in total. The van der Waals surface area contributed by atoms with Crippen LogP contribution in [0.5, 0.6) is 0 Å². The van der Waals surface area contributed by atoms with Crippen molar-refractivity contribution >= 4 is 11.8 Å². The van der Waals surface area contributed by atoms with Crippen LogP contribution in [0.15, 0.2) is 0 Å². The van der Waals surface area contributed by atoms with Crippen molar-refractivity contribution in [1.82, 2.24) is 0 Å². The summed E-state index contributed by atoms with van der Waals surface area (Å²) in [5.74, 6) is 3.60. The molecule has 0 amide bonds. The van der Waals surface area contributed by atoms with E-state index < -0.39 is 0 Å². The van der Waals surface area contributed by atoms with Crippen molar-refractivity contribution in [2.24, 2.45) is 17.6 Å². The van der Waals surface area contributed by atoms with E-state index in [4.69, 9.17) is 5.73 Å². The highest BCUT2D eigenvalue weighted by molar-refractivity contribution is 8.00. The van der Waals surface area contributed by atoms with Gasteiger partial charge in [0.2, 0.25) is 0 Å². The molecule has 10 heavy (non-hydrogen) atoms. The van der Waals surface area contributed by atoms with Gasteiger partial charge in [-0.3, -0.25) is 0 Å². The average molecular weight is 157 g/mol. The summed E-state index contributed by atoms with van der Waals surface area (Å²) in [4.78, 5) is 0. The number of fused-ring (bicyclic) bond motifs is 1. The van der Waals surface area contributed by atoms with Crippen molar-refractivity contribution in [2.75, 3.05) is 12.3 Å². The standard InChI is InChI=1S/C8H15NS/c9-4-1-2-6-7-3-5-10-8(6)7/h6-8H,1-5,9H2/t6?,7-,8+/m1/s1. The summed E-state index contributed by atoms with van der Waals surface area (Å²) < 4.78 is 0. The van der Waals surface area contributed by atoms with E-state index in [0.29, 0.717) is 0 Å². The summed E-state index contributed by atoms with van der Waals surface area (Å²) in [5, 5.41) is 1.06. The Kier molecular flexibility index (Phi) is 1.92. The van der Waals surface area contributed by atoms with Gasteiger partial charge in [-0.25, -0.2) is 0 Å². The van der Waals surface area contributed by atoms with E-state index in [0.717, 1.165) is 23.6 Å². The third-order valence-corrected chi connectivity index (χ3v) is 4.31. The second-order valence-electron chi connectivity index (χ2n) is 3.38. The molecule has 1 aliphatic carbocycles. The van der Waals surface area contributed by atoms with E-state index in [2.05, 4.69) is 11.8 Å². The van der Waals surface area contributed by atoms with Gasteiger partial charge >= 0.3 is 0 Å². The Bertz CT molecular complexity index is 116. The Morgan fingerprint density at radius 2 is 2.40 bits per heavy atom. The normalized spacial score (nSPS) is 43.5. The molecular formula is C8H15NS. The number of hydrogen-bond acceptors (Lipinski definition) is 2. The van der Waals surface area contributed by atoms with Crippen molar-refractivity contribution in [1.29, 1.82) is 0 Å². The van der Waals surface area contributed by atoms with Crippen LogP contribution in [0.4, 0.5) is 0 Å². The molecule has 1 saturated heterocycles. The molecule has 2 rings (SSSR count). The number of nitrogens with two attached hydrogens (primary N) is 1. The van der Waals surface area contributed by atoms with E-state index >= 15 is 0 Å². The molecule has 58 valence electrons. The van der Waals surface area contributed by atoms with Crippen molar-refractivity contribution < 1.29 is 0 Å². The molecule has 2 heteroatoms. The quantitative estimate of drug-likeness (QED) is 0.671. The molecule has 0 bridgehead atoms. The summed E-state index contributed by atoms with van der Waals surface area (Å²) >= 11 is 2.19. The second-order valence-corrected chi connectivity index (χ2v) is 4.67. The van der Waals surface area contributed by atoms with Crippen LogP contribution in [-0.2, 0) is 0 Å². The van der Waals surface area contributed by atoms with Gasteiger partial charge in [0.05, 0.1) is 0 Å². The lowest BCUT2D eigenvalue weighted by Crippen LogP contribution is -2.00. The Morgan fingerprint density at radius 3 is 3.00 bits per heavy atom.